The summed E-state index contributed by atoms with van der Waals surface area (Å²) in [5.74, 6) is 0.897. The monoisotopic (exact) mass is 246 g/mol. The second-order valence-corrected chi connectivity index (χ2v) is 3.99. The Hall–Kier alpha value is -1.99. The van der Waals surface area contributed by atoms with Crippen molar-refractivity contribution < 1.29 is 0 Å². The minimum absolute atomic E-state index is 0.456. The Bertz CT molecular complexity index is 568. The van der Waals surface area contributed by atoms with Gasteiger partial charge in [0.1, 0.15) is 11.9 Å². The lowest BCUT2D eigenvalue weighted by Gasteiger charge is -2.08. The van der Waals surface area contributed by atoms with Crippen molar-refractivity contribution in [2.45, 2.75) is 6.54 Å². The molecular weight excluding hydrogens is 236 g/mol. The van der Waals surface area contributed by atoms with Crippen LogP contribution in [0.1, 0.15) is 11.4 Å². The van der Waals surface area contributed by atoms with E-state index in [1.165, 1.54) is 0 Å². The molecule has 86 valence electrons. The number of aryl methyl sites for hydroxylation is 1. The number of hydrogen-bond acceptors (Lipinski definition) is 3. The van der Waals surface area contributed by atoms with Crippen molar-refractivity contribution in [2.24, 2.45) is 7.05 Å². The van der Waals surface area contributed by atoms with Crippen LogP contribution in [-0.4, -0.2) is 9.55 Å². The van der Waals surface area contributed by atoms with Crippen LogP contribution in [-0.2, 0) is 13.6 Å². The Balaban J connectivity index is 2.18. The topological polar surface area (TPSA) is 53.6 Å². The van der Waals surface area contributed by atoms with Crippen molar-refractivity contribution in [3.8, 4) is 6.07 Å². The molecule has 0 saturated heterocycles. The summed E-state index contributed by atoms with van der Waals surface area (Å²) in [4.78, 5) is 4.19. The molecule has 0 unspecified atom stereocenters. The highest BCUT2D eigenvalue weighted by Gasteiger charge is 2.06. The molecule has 1 N–H and O–H groups in total. The van der Waals surface area contributed by atoms with Gasteiger partial charge in [-0.25, -0.2) is 4.98 Å². The van der Waals surface area contributed by atoms with Crippen molar-refractivity contribution in [2.75, 3.05) is 5.32 Å². The predicted octanol–water partition coefficient (Wildman–Crippen LogP) is 2.56. The first-order valence-corrected chi connectivity index (χ1v) is 5.49. The summed E-state index contributed by atoms with van der Waals surface area (Å²) in [7, 11) is 1.92. The molecule has 0 aliphatic rings. The van der Waals surface area contributed by atoms with Crippen LogP contribution in [0.25, 0.3) is 0 Å². The molecule has 2 aromatic rings. The molecule has 0 spiro atoms. The molecule has 0 fully saturated rings. The van der Waals surface area contributed by atoms with Crippen LogP contribution < -0.4 is 5.32 Å². The minimum Gasteiger partial charge on any atom is -0.377 e. The largest absolute Gasteiger partial charge is 0.377 e. The SMILES string of the molecule is Cn1ccnc1CNc1cccc(Cl)c1C#N. The van der Waals surface area contributed by atoms with E-state index in [1.54, 1.807) is 12.3 Å². The van der Waals surface area contributed by atoms with E-state index in [4.69, 9.17) is 16.9 Å². The van der Waals surface area contributed by atoms with E-state index >= 15 is 0 Å². The van der Waals surface area contributed by atoms with Gasteiger partial charge in [0, 0.05) is 19.4 Å². The Labute approximate surface area is 104 Å². The predicted molar refractivity (Wildman–Crippen MR) is 66.7 cm³/mol. The van der Waals surface area contributed by atoms with Gasteiger partial charge in [-0.1, -0.05) is 17.7 Å². The van der Waals surface area contributed by atoms with Gasteiger partial charge in [0.15, 0.2) is 0 Å². The lowest BCUT2D eigenvalue weighted by Crippen LogP contribution is -2.06. The molecule has 0 aliphatic carbocycles. The van der Waals surface area contributed by atoms with Crippen molar-refractivity contribution in [3.63, 3.8) is 0 Å². The van der Waals surface area contributed by atoms with Crippen molar-refractivity contribution >= 4 is 17.3 Å². The van der Waals surface area contributed by atoms with E-state index in [0.29, 0.717) is 17.1 Å². The van der Waals surface area contributed by atoms with Crippen LogP contribution in [0.2, 0.25) is 5.02 Å². The van der Waals surface area contributed by atoms with Gasteiger partial charge in [0.25, 0.3) is 0 Å². The Kier molecular flexibility index (Phi) is 3.31. The quantitative estimate of drug-likeness (QED) is 0.906. The normalized spacial score (nSPS) is 9.94. The summed E-state index contributed by atoms with van der Waals surface area (Å²) in [6.45, 7) is 0.554. The van der Waals surface area contributed by atoms with E-state index in [0.717, 1.165) is 11.5 Å². The summed E-state index contributed by atoms with van der Waals surface area (Å²) in [5, 5.41) is 12.6. The lowest BCUT2D eigenvalue weighted by atomic mass is 10.2. The molecule has 1 aromatic heterocycles. The molecule has 0 bridgehead atoms. The standard InChI is InChI=1S/C12H11ClN4/c1-17-6-5-15-12(17)8-16-11-4-2-3-10(13)9(11)7-14/h2-6,16H,8H2,1H3. The first-order chi connectivity index (χ1) is 8.22. The van der Waals surface area contributed by atoms with Gasteiger partial charge < -0.3 is 9.88 Å². The summed E-state index contributed by atoms with van der Waals surface area (Å²) in [6, 6.07) is 7.42. The number of benzene rings is 1. The molecule has 2 rings (SSSR count). The highest BCUT2D eigenvalue weighted by molar-refractivity contribution is 6.32. The average molecular weight is 247 g/mol. The first-order valence-electron chi connectivity index (χ1n) is 5.11. The number of aromatic nitrogens is 2. The molecule has 1 aromatic carbocycles. The van der Waals surface area contributed by atoms with Crippen molar-refractivity contribution in [1.82, 2.24) is 9.55 Å². The molecule has 4 nitrogen and oxygen atoms in total. The minimum atomic E-state index is 0.456. The Morgan fingerprint density at radius 2 is 2.35 bits per heavy atom. The average Bonchev–Trinajstić information content (AvgIpc) is 2.72. The highest BCUT2D eigenvalue weighted by Crippen LogP contribution is 2.23. The fourth-order valence-electron chi connectivity index (χ4n) is 1.53. The molecule has 0 aliphatic heterocycles. The summed E-state index contributed by atoms with van der Waals surface area (Å²) < 4.78 is 1.92. The fourth-order valence-corrected chi connectivity index (χ4v) is 1.74. The third kappa shape index (κ3) is 2.40. The molecule has 0 radical (unpaired) electrons. The Morgan fingerprint density at radius 1 is 1.53 bits per heavy atom. The second-order valence-electron chi connectivity index (χ2n) is 3.58. The van der Waals surface area contributed by atoms with Gasteiger partial charge in [0.2, 0.25) is 0 Å². The molecular formula is C12H11ClN4. The first kappa shape index (κ1) is 11.5. The van der Waals surface area contributed by atoms with Gasteiger partial charge in [-0.3, -0.25) is 0 Å². The smallest absolute Gasteiger partial charge is 0.127 e. The van der Waals surface area contributed by atoms with E-state index < -0.39 is 0 Å². The Morgan fingerprint density at radius 3 is 3.00 bits per heavy atom. The number of rotatable bonds is 3. The van der Waals surface area contributed by atoms with Crippen molar-refractivity contribution in [3.05, 3.63) is 47.0 Å². The number of anilines is 1. The molecule has 0 saturated carbocycles. The van der Waals surface area contributed by atoms with Crippen LogP contribution in [0.5, 0.6) is 0 Å². The van der Waals surface area contributed by atoms with E-state index in [1.807, 2.05) is 29.9 Å². The third-order valence-electron chi connectivity index (χ3n) is 2.48. The zero-order chi connectivity index (χ0) is 12.3. The van der Waals surface area contributed by atoms with Crippen molar-refractivity contribution in [1.29, 1.82) is 5.26 Å². The third-order valence-corrected chi connectivity index (χ3v) is 2.80. The summed E-state index contributed by atoms with van der Waals surface area (Å²) in [6.07, 6.45) is 3.61. The summed E-state index contributed by atoms with van der Waals surface area (Å²) in [5.41, 5.74) is 1.19. The van der Waals surface area contributed by atoms with Crippen LogP contribution in [0.3, 0.4) is 0 Å². The number of nitrogens with zero attached hydrogens (tertiary/aromatic N) is 3. The van der Waals surface area contributed by atoms with Gasteiger partial charge >= 0.3 is 0 Å². The van der Waals surface area contributed by atoms with E-state index in [-0.39, 0.29) is 0 Å². The molecule has 17 heavy (non-hydrogen) atoms. The molecule has 5 heteroatoms. The maximum absolute atomic E-state index is 9.02. The molecule has 0 atom stereocenters. The van der Waals surface area contributed by atoms with Gasteiger partial charge in [-0.15, -0.1) is 0 Å². The molecule has 0 amide bonds. The summed E-state index contributed by atoms with van der Waals surface area (Å²) >= 11 is 5.94. The van der Waals surface area contributed by atoms with Crippen LogP contribution in [0, 0.1) is 11.3 Å². The van der Waals surface area contributed by atoms with Crippen LogP contribution in [0.15, 0.2) is 30.6 Å². The van der Waals surface area contributed by atoms with Crippen LogP contribution in [0.4, 0.5) is 5.69 Å². The van der Waals surface area contributed by atoms with Gasteiger partial charge in [-0.05, 0) is 12.1 Å². The zero-order valence-electron chi connectivity index (χ0n) is 9.31. The molecule has 1 heterocycles. The lowest BCUT2D eigenvalue weighted by molar-refractivity contribution is 0.813. The number of imidazole rings is 1. The zero-order valence-corrected chi connectivity index (χ0v) is 10.1. The number of nitrogens with one attached hydrogen (secondary N) is 1. The maximum Gasteiger partial charge on any atom is 0.127 e. The number of halogens is 1. The maximum atomic E-state index is 9.02. The fraction of sp³-hybridized carbons (Fsp3) is 0.167. The van der Waals surface area contributed by atoms with E-state index in [9.17, 15) is 0 Å². The second kappa shape index (κ2) is 4.89. The van der Waals surface area contributed by atoms with Crippen LogP contribution >= 0.6 is 11.6 Å². The highest BCUT2D eigenvalue weighted by atomic mass is 35.5. The van der Waals surface area contributed by atoms with E-state index in [2.05, 4.69) is 16.4 Å². The number of hydrogen-bond donors (Lipinski definition) is 1. The van der Waals surface area contributed by atoms with Gasteiger partial charge in [-0.2, -0.15) is 5.26 Å². The number of nitriles is 1. The van der Waals surface area contributed by atoms with Gasteiger partial charge in [0.05, 0.1) is 22.8 Å².